The quantitative estimate of drug-likeness (QED) is 0.422. The highest BCUT2D eigenvalue weighted by atomic mass is 32.1. The first-order valence-corrected chi connectivity index (χ1v) is 8.88. The number of rotatable bonds is 2. The van der Waals surface area contributed by atoms with Gasteiger partial charge < -0.3 is 0 Å². The fraction of sp³-hybridized carbons (Fsp3) is 0. The van der Waals surface area contributed by atoms with Crippen LogP contribution in [0.15, 0.2) is 79.0 Å². The maximum absolute atomic E-state index is 4.32. The normalized spacial score (nSPS) is 11.2. The third kappa shape index (κ3) is 2.30. The van der Waals surface area contributed by atoms with E-state index in [1.54, 1.807) is 6.20 Å². The Kier molecular flexibility index (Phi) is 3.28. The number of hydrogen-bond donors (Lipinski definition) is 0. The number of benzene rings is 3. The predicted molar refractivity (Wildman–Crippen MR) is 104 cm³/mol. The van der Waals surface area contributed by atoms with Crippen molar-refractivity contribution in [1.82, 2.24) is 15.4 Å². The zero-order valence-corrected chi connectivity index (χ0v) is 14.1. The van der Waals surface area contributed by atoms with E-state index in [2.05, 4.69) is 76.1 Å². The van der Waals surface area contributed by atoms with Gasteiger partial charge in [0, 0.05) is 25.7 Å². The van der Waals surface area contributed by atoms with Crippen molar-refractivity contribution in [3.05, 3.63) is 79.0 Å². The Morgan fingerprint density at radius 1 is 0.720 bits per heavy atom. The molecule has 5 rings (SSSR count). The van der Waals surface area contributed by atoms with Crippen molar-refractivity contribution in [3.8, 4) is 22.4 Å². The summed E-state index contributed by atoms with van der Waals surface area (Å²) in [6.07, 6.45) is 1.70. The minimum atomic E-state index is 0.850. The molecule has 118 valence electrons. The molecule has 0 spiro atoms. The molecule has 4 heteroatoms. The Bertz CT molecular complexity index is 1180. The van der Waals surface area contributed by atoms with E-state index < -0.39 is 0 Å². The van der Waals surface area contributed by atoms with Crippen LogP contribution >= 0.6 is 11.3 Å². The van der Waals surface area contributed by atoms with Crippen LogP contribution in [0.1, 0.15) is 0 Å². The zero-order chi connectivity index (χ0) is 16.6. The molecule has 0 aliphatic heterocycles. The first kappa shape index (κ1) is 14.3. The molecule has 0 radical (unpaired) electrons. The molecular formula is C21H13N3S. The van der Waals surface area contributed by atoms with Gasteiger partial charge >= 0.3 is 0 Å². The number of aromatic nitrogens is 3. The van der Waals surface area contributed by atoms with Gasteiger partial charge in [0.05, 0.1) is 11.9 Å². The van der Waals surface area contributed by atoms with Crippen molar-refractivity contribution < 1.29 is 0 Å². The molecule has 3 aromatic carbocycles. The van der Waals surface area contributed by atoms with E-state index in [4.69, 9.17) is 0 Å². The highest BCUT2D eigenvalue weighted by Crippen LogP contribution is 2.43. The van der Waals surface area contributed by atoms with Gasteiger partial charge in [-0.3, -0.25) is 0 Å². The lowest BCUT2D eigenvalue weighted by Gasteiger charge is -2.11. The van der Waals surface area contributed by atoms with Gasteiger partial charge in [0.15, 0.2) is 0 Å². The number of thiophene rings is 1. The summed E-state index contributed by atoms with van der Waals surface area (Å²) in [4.78, 5) is 0. The SMILES string of the molecule is c1ccc(-c2ccc3sc4ccccc4c3c2-c2ccnnn2)cc1. The first-order chi connectivity index (χ1) is 12.4. The van der Waals surface area contributed by atoms with E-state index in [0.29, 0.717) is 0 Å². The molecule has 0 amide bonds. The van der Waals surface area contributed by atoms with Gasteiger partial charge in [-0.25, -0.2) is 0 Å². The van der Waals surface area contributed by atoms with Crippen LogP contribution in [0.2, 0.25) is 0 Å². The lowest BCUT2D eigenvalue weighted by Crippen LogP contribution is -1.92. The van der Waals surface area contributed by atoms with Gasteiger partial charge in [-0.05, 0) is 34.5 Å². The fourth-order valence-corrected chi connectivity index (χ4v) is 4.43. The van der Waals surface area contributed by atoms with Gasteiger partial charge in [-0.15, -0.1) is 21.5 Å². The highest BCUT2D eigenvalue weighted by molar-refractivity contribution is 7.26. The highest BCUT2D eigenvalue weighted by Gasteiger charge is 2.17. The Morgan fingerprint density at radius 3 is 2.40 bits per heavy atom. The van der Waals surface area contributed by atoms with Crippen molar-refractivity contribution in [3.63, 3.8) is 0 Å². The van der Waals surface area contributed by atoms with E-state index in [1.807, 2.05) is 23.5 Å². The molecule has 3 nitrogen and oxygen atoms in total. The molecule has 5 aromatic rings. The van der Waals surface area contributed by atoms with Crippen molar-refractivity contribution >= 4 is 31.5 Å². The molecule has 0 aliphatic rings. The van der Waals surface area contributed by atoms with Crippen LogP contribution in [-0.2, 0) is 0 Å². The van der Waals surface area contributed by atoms with E-state index in [9.17, 15) is 0 Å². The molecule has 25 heavy (non-hydrogen) atoms. The van der Waals surface area contributed by atoms with E-state index in [-0.39, 0.29) is 0 Å². The van der Waals surface area contributed by atoms with Gasteiger partial charge in [-0.2, -0.15) is 0 Å². The molecule has 0 bridgehead atoms. The Hall–Kier alpha value is -3.11. The average Bonchev–Trinajstić information content (AvgIpc) is 3.07. The predicted octanol–water partition coefficient (Wildman–Crippen LogP) is 5.57. The van der Waals surface area contributed by atoms with Crippen LogP contribution < -0.4 is 0 Å². The van der Waals surface area contributed by atoms with E-state index >= 15 is 0 Å². The lowest BCUT2D eigenvalue weighted by atomic mass is 9.93. The number of fused-ring (bicyclic) bond motifs is 3. The average molecular weight is 339 g/mol. The monoisotopic (exact) mass is 339 g/mol. The maximum Gasteiger partial charge on any atom is 0.0976 e. The molecule has 0 N–H and O–H groups in total. The Morgan fingerprint density at radius 2 is 1.56 bits per heavy atom. The van der Waals surface area contributed by atoms with Crippen LogP contribution in [0, 0.1) is 0 Å². The Balaban J connectivity index is 1.97. The van der Waals surface area contributed by atoms with Crippen molar-refractivity contribution in [2.45, 2.75) is 0 Å². The van der Waals surface area contributed by atoms with Crippen molar-refractivity contribution in [1.29, 1.82) is 0 Å². The summed E-state index contributed by atoms with van der Waals surface area (Å²) in [5.41, 5.74) is 4.31. The molecule has 0 saturated carbocycles. The molecule has 0 saturated heterocycles. The van der Waals surface area contributed by atoms with E-state index in [0.717, 1.165) is 16.8 Å². The smallest absolute Gasteiger partial charge is 0.0976 e. The molecule has 2 aromatic heterocycles. The van der Waals surface area contributed by atoms with Crippen LogP contribution in [-0.4, -0.2) is 15.4 Å². The van der Waals surface area contributed by atoms with Crippen LogP contribution in [0.3, 0.4) is 0 Å². The fourth-order valence-electron chi connectivity index (χ4n) is 3.32. The van der Waals surface area contributed by atoms with Crippen LogP contribution in [0.4, 0.5) is 0 Å². The largest absolute Gasteiger partial charge is 0.139 e. The number of hydrogen-bond acceptors (Lipinski definition) is 4. The van der Waals surface area contributed by atoms with Crippen molar-refractivity contribution in [2.24, 2.45) is 0 Å². The number of nitrogens with zero attached hydrogens (tertiary/aromatic N) is 3. The first-order valence-electron chi connectivity index (χ1n) is 8.06. The minimum Gasteiger partial charge on any atom is -0.139 e. The van der Waals surface area contributed by atoms with Gasteiger partial charge in [0.2, 0.25) is 0 Å². The molecule has 2 heterocycles. The van der Waals surface area contributed by atoms with Gasteiger partial charge in [0.1, 0.15) is 0 Å². The van der Waals surface area contributed by atoms with Crippen LogP contribution in [0.5, 0.6) is 0 Å². The van der Waals surface area contributed by atoms with Gasteiger partial charge in [0.25, 0.3) is 0 Å². The summed E-state index contributed by atoms with van der Waals surface area (Å²) < 4.78 is 2.54. The summed E-state index contributed by atoms with van der Waals surface area (Å²) >= 11 is 1.81. The van der Waals surface area contributed by atoms with Crippen molar-refractivity contribution in [2.75, 3.05) is 0 Å². The summed E-state index contributed by atoms with van der Waals surface area (Å²) in [5.74, 6) is 0. The van der Waals surface area contributed by atoms with E-state index in [1.165, 1.54) is 25.7 Å². The molecule has 0 unspecified atom stereocenters. The summed E-state index contributed by atoms with van der Waals surface area (Å²) in [6, 6.07) is 25.3. The van der Waals surface area contributed by atoms with Crippen LogP contribution in [0.25, 0.3) is 42.6 Å². The second-order valence-corrected chi connectivity index (χ2v) is 6.92. The molecular weight excluding hydrogens is 326 g/mol. The molecule has 0 fully saturated rings. The minimum absolute atomic E-state index is 0.850. The zero-order valence-electron chi connectivity index (χ0n) is 13.3. The summed E-state index contributed by atoms with van der Waals surface area (Å²) in [6.45, 7) is 0. The molecule has 0 atom stereocenters. The second-order valence-electron chi connectivity index (χ2n) is 5.83. The second kappa shape index (κ2) is 5.76. The third-order valence-electron chi connectivity index (χ3n) is 4.39. The maximum atomic E-state index is 4.32. The summed E-state index contributed by atoms with van der Waals surface area (Å²) in [5, 5.41) is 14.5. The lowest BCUT2D eigenvalue weighted by molar-refractivity contribution is 0.871. The standard InChI is InChI=1S/C21H13N3S/c1-2-6-14(7-3-1)15-10-11-19-21(16-8-4-5-9-18(16)25-19)20(15)17-12-13-22-24-23-17/h1-13H. The van der Waals surface area contributed by atoms with Gasteiger partial charge in [-0.1, -0.05) is 54.6 Å². The third-order valence-corrected chi connectivity index (χ3v) is 5.52. The summed E-state index contributed by atoms with van der Waals surface area (Å²) in [7, 11) is 0. The molecule has 0 aliphatic carbocycles. The Labute approximate surface area is 148 Å². The topological polar surface area (TPSA) is 38.7 Å².